The van der Waals surface area contributed by atoms with Crippen LogP contribution < -0.4 is 4.72 Å². The Hall–Kier alpha value is -2.42. The maximum absolute atomic E-state index is 11.8. The lowest BCUT2D eigenvalue weighted by Crippen LogP contribution is -2.17. The molecule has 2 aromatic heterocycles. The molecule has 0 spiro atoms. The van der Waals surface area contributed by atoms with Gasteiger partial charge in [-0.15, -0.1) is 0 Å². The molecule has 0 bridgehead atoms. The zero-order valence-corrected chi connectivity index (χ0v) is 9.68. The normalized spacial score (nSPS) is 11.1. The van der Waals surface area contributed by atoms with Crippen LogP contribution in [0.1, 0.15) is 10.4 Å². The number of carboxylic acid groups (broad SMARTS) is 1. The van der Waals surface area contributed by atoms with Crippen LogP contribution >= 0.6 is 0 Å². The van der Waals surface area contributed by atoms with Crippen molar-refractivity contribution in [2.24, 2.45) is 0 Å². The first kappa shape index (κ1) is 12.0. The number of aromatic amines is 1. The number of carbonyl (C=O) groups is 1. The number of anilines is 1. The highest BCUT2D eigenvalue weighted by Gasteiger charge is 2.20. The summed E-state index contributed by atoms with van der Waals surface area (Å²) < 4.78 is 25.7. The number of pyridine rings is 1. The molecule has 0 fully saturated rings. The monoisotopic (exact) mass is 268 g/mol. The highest BCUT2D eigenvalue weighted by molar-refractivity contribution is 7.92. The third-order valence-corrected chi connectivity index (χ3v) is 3.30. The van der Waals surface area contributed by atoms with E-state index >= 15 is 0 Å². The number of hydrogen-bond donors (Lipinski definition) is 3. The van der Waals surface area contributed by atoms with Crippen molar-refractivity contribution < 1.29 is 18.3 Å². The molecule has 2 rings (SSSR count). The number of sulfonamides is 1. The SMILES string of the molecule is O=C(O)c1cccnc1NS(=O)(=O)c1cnc[nH]1. The second-order valence-electron chi connectivity index (χ2n) is 3.23. The smallest absolute Gasteiger partial charge is 0.339 e. The summed E-state index contributed by atoms with van der Waals surface area (Å²) in [5.74, 6) is -1.52. The van der Waals surface area contributed by atoms with E-state index in [9.17, 15) is 13.2 Å². The topological polar surface area (TPSA) is 125 Å². The fourth-order valence-corrected chi connectivity index (χ4v) is 2.17. The van der Waals surface area contributed by atoms with E-state index in [1.807, 2.05) is 0 Å². The minimum Gasteiger partial charge on any atom is -0.478 e. The van der Waals surface area contributed by atoms with Gasteiger partial charge in [0.1, 0.15) is 5.56 Å². The summed E-state index contributed by atoms with van der Waals surface area (Å²) in [6.45, 7) is 0. The van der Waals surface area contributed by atoms with Gasteiger partial charge in [0.2, 0.25) is 0 Å². The Kier molecular flexibility index (Phi) is 2.98. The molecule has 0 atom stereocenters. The van der Waals surface area contributed by atoms with Gasteiger partial charge in [-0.25, -0.2) is 14.8 Å². The zero-order chi connectivity index (χ0) is 13.2. The maximum Gasteiger partial charge on any atom is 0.339 e. The zero-order valence-electron chi connectivity index (χ0n) is 8.86. The summed E-state index contributed by atoms with van der Waals surface area (Å²) in [5.41, 5.74) is -0.236. The number of nitrogens with zero attached hydrogens (tertiary/aromatic N) is 2. The molecule has 0 aliphatic rings. The maximum atomic E-state index is 11.8. The Balaban J connectivity index is 2.39. The van der Waals surface area contributed by atoms with Gasteiger partial charge >= 0.3 is 5.97 Å². The minimum atomic E-state index is -3.92. The van der Waals surface area contributed by atoms with Crippen LogP contribution in [0.25, 0.3) is 0 Å². The van der Waals surface area contributed by atoms with Crippen molar-refractivity contribution in [3.63, 3.8) is 0 Å². The summed E-state index contributed by atoms with van der Waals surface area (Å²) in [4.78, 5) is 20.6. The van der Waals surface area contributed by atoms with Crippen LogP contribution in [-0.4, -0.2) is 34.4 Å². The van der Waals surface area contributed by atoms with E-state index in [2.05, 4.69) is 19.7 Å². The van der Waals surface area contributed by atoms with Crippen LogP contribution in [0.4, 0.5) is 5.82 Å². The fraction of sp³-hybridized carbons (Fsp3) is 0. The molecule has 0 saturated heterocycles. The predicted octanol–water partition coefficient (Wildman–Crippen LogP) is 0.304. The average molecular weight is 268 g/mol. The average Bonchev–Trinajstić information content (AvgIpc) is 2.83. The number of hydrogen-bond acceptors (Lipinski definition) is 5. The Labute approximate surface area is 102 Å². The molecule has 0 aliphatic heterocycles. The third-order valence-electron chi connectivity index (χ3n) is 2.03. The summed E-state index contributed by atoms with van der Waals surface area (Å²) in [6, 6.07) is 2.65. The van der Waals surface area contributed by atoms with E-state index in [1.54, 1.807) is 0 Å². The highest BCUT2D eigenvalue weighted by atomic mass is 32.2. The molecular formula is C9H8N4O4S. The highest BCUT2D eigenvalue weighted by Crippen LogP contribution is 2.15. The van der Waals surface area contributed by atoms with Crippen LogP contribution in [0.5, 0.6) is 0 Å². The molecule has 18 heavy (non-hydrogen) atoms. The van der Waals surface area contributed by atoms with E-state index in [0.29, 0.717) is 0 Å². The Morgan fingerprint density at radius 3 is 2.83 bits per heavy atom. The third kappa shape index (κ3) is 2.30. The molecule has 94 valence electrons. The second-order valence-corrected chi connectivity index (χ2v) is 4.88. The van der Waals surface area contributed by atoms with Crippen LogP contribution in [0.2, 0.25) is 0 Å². The molecule has 0 aliphatic carbocycles. The van der Waals surface area contributed by atoms with Crippen molar-refractivity contribution in [1.29, 1.82) is 0 Å². The first-order valence-corrected chi connectivity index (χ1v) is 6.18. The Bertz CT molecular complexity index is 666. The van der Waals surface area contributed by atoms with Crippen LogP contribution in [0, 0.1) is 0 Å². The lowest BCUT2D eigenvalue weighted by Gasteiger charge is -2.07. The van der Waals surface area contributed by atoms with E-state index < -0.39 is 16.0 Å². The number of carboxylic acids is 1. The quantitative estimate of drug-likeness (QED) is 0.732. The van der Waals surface area contributed by atoms with Gasteiger partial charge in [-0.2, -0.15) is 8.42 Å². The molecule has 0 aromatic carbocycles. The van der Waals surface area contributed by atoms with Gasteiger partial charge in [0.15, 0.2) is 10.8 Å². The molecule has 2 aromatic rings. The molecule has 0 saturated carbocycles. The number of nitrogens with one attached hydrogen (secondary N) is 2. The van der Waals surface area contributed by atoms with Crippen molar-refractivity contribution >= 4 is 21.8 Å². The number of aromatic nitrogens is 3. The number of aromatic carboxylic acids is 1. The number of imidazole rings is 1. The van der Waals surface area contributed by atoms with Gasteiger partial charge in [-0.3, -0.25) is 4.72 Å². The van der Waals surface area contributed by atoms with Crippen molar-refractivity contribution in [3.05, 3.63) is 36.4 Å². The van der Waals surface area contributed by atoms with E-state index in [0.717, 1.165) is 6.20 Å². The lowest BCUT2D eigenvalue weighted by molar-refractivity contribution is 0.0697. The molecular weight excluding hydrogens is 260 g/mol. The van der Waals surface area contributed by atoms with Crippen molar-refractivity contribution in [2.45, 2.75) is 5.03 Å². The van der Waals surface area contributed by atoms with Crippen LogP contribution in [0.15, 0.2) is 35.9 Å². The van der Waals surface area contributed by atoms with E-state index in [1.165, 1.54) is 24.7 Å². The first-order chi connectivity index (χ1) is 8.50. The second kappa shape index (κ2) is 4.45. The largest absolute Gasteiger partial charge is 0.478 e. The van der Waals surface area contributed by atoms with Crippen molar-refractivity contribution in [1.82, 2.24) is 15.0 Å². The van der Waals surface area contributed by atoms with Crippen LogP contribution in [0.3, 0.4) is 0 Å². The van der Waals surface area contributed by atoms with Gasteiger partial charge in [0.25, 0.3) is 10.0 Å². The minimum absolute atomic E-state index is 0.176. The Morgan fingerprint density at radius 2 is 2.22 bits per heavy atom. The van der Waals surface area contributed by atoms with Crippen molar-refractivity contribution in [2.75, 3.05) is 4.72 Å². The lowest BCUT2D eigenvalue weighted by atomic mass is 10.3. The van der Waals surface area contributed by atoms with E-state index in [-0.39, 0.29) is 16.4 Å². The fourth-order valence-electron chi connectivity index (χ4n) is 1.23. The molecule has 3 N–H and O–H groups in total. The van der Waals surface area contributed by atoms with Gasteiger partial charge in [-0.1, -0.05) is 0 Å². The number of H-pyrrole nitrogens is 1. The van der Waals surface area contributed by atoms with E-state index in [4.69, 9.17) is 5.11 Å². The van der Waals surface area contributed by atoms with Gasteiger partial charge < -0.3 is 10.1 Å². The standard InChI is InChI=1S/C9H8N4O4S/c14-9(15)6-2-1-3-11-8(6)13-18(16,17)7-4-10-5-12-7/h1-5H,(H,10,12)(H,11,13)(H,14,15). The molecule has 9 heteroatoms. The Morgan fingerprint density at radius 1 is 1.44 bits per heavy atom. The number of rotatable bonds is 4. The molecule has 8 nitrogen and oxygen atoms in total. The summed E-state index contributed by atoms with van der Waals surface area (Å²) in [7, 11) is -3.92. The molecule has 2 heterocycles. The summed E-state index contributed by atoms with van der Waals surface area (Å²) in [5, 5.41) is 8.72. The van der Waals surface area contributed by atoms with Crippen LogP contribution in [-0.2, 0) is 10.0 Å². The summed E-state index contributed by atoms with van der Waals surface area (Å²) >= 11 is 0. The van der Waals surface area contributed by atoms with Crippen molar-refractivity contribution in [3.8, 4) is 0 Å². The van der Waals surface area contributed by atoms with Gasteiger partial charge in [0, 0.05) is 6.20 Å². The summed E-state index contributed by atoms with van der Waals surface area (Å²) in [6.07, 6.45) is 3.59. The van der Waals surface area contributed by atoms with Gasteiger partial charge in [0.05, 0.1) is 12.5 Å². The predicted molar refractivity (Wildman–Crippen MR) is 60.6 cm³/mol. The van der Waals surface area contributed by atoms with Gasteiger partial charge in [-0.05, 0) is 12.1 Å². The molecule has 0 unspecified atom stereocenters. The molecule has 0 amide bonds. The first-order valence-electron chi connectivity index (χ1n) is 4.70. The molecule has 0 radical (unpaired) electrons.